The maximum absolute atomic E-state index is 14.6. The number of pyridine rings is 1. The van der Waals surface area contributed by atoms with Gasteiger partial charge < -0.3 is 9.64 Å². The number of hydrogen-bond donors (Lipinski definition) is 0. The van der Waals surface area contributed by atoms with E-state index < -0.39 is 0 Å². The number of carbonyl (C=O) groups excluding carboxylic acids is 2. The number of carbonyl (C=O) groups is 2. The molecule has 0 saturated carbocycles. The van der Waals surface area contributed by atoms with Crippen LogP contribution in [0.25, 0.3) is 0 Å². The molecule has 7 nitrogen and oxygen atoms in total. The van der Waals surface area contributed by atoms with E-state index >= 15 is 0 Å². The summed E-state index contributed by atoms with van der Waals surface area (Å²) in [6, 6.07) is 8.82. The van der Waals surface area contributed by atoms with E-state index in [1.165, 1.54) is 18.7 Å². The Labute approximate surface area is 223 Å². The van der Waals surface area contributed by atoms with Crippen LogP contribution in [-0.4, -0.2) is 72.0 Å². The van der Waals surface area contributed by atoms with Crippen molar-refractivity contribution < 1.29 is 18.7 Å². The maximum atomic E-state index is 14.6. The summed E-state index contributed by atoms with van der Waals surface area (Å²) < 4.78 is 20.0. The summed E-state index contributed by atoms with van der Waals surface area (Å²) >= 11 is 0. The summed E-state index contributed by atoms with van der Waals surface area (Å²) in [6.45, 7) is 7.07. The third-order valence-corrected chi connectivity index (χ3v) is 8.02. The predicted octanol–water partition coefficient (Wildman–Crippen LogP) is 3.99. The largest absolute Gasteiger partial charge is 0.496 e. The molecule has 0 N–H and O–H groups in total. The zero-order chi connectivity index (χ0) is 26.8. The number of rotatable bonds is 7. The van der Waals surface area contributed by atoms with Gasteiger partial charge in [0.2, 0.25) is 5.91 Å². The van der Waals surface area contributed by atoms with Crippen LogP contribution in [0.1, 0.15) is 43.0 Å². The van der Waals surface area contributed by atoms with Gasteiger partial charge in [-0.2, -0.15) is 0 Å². The second-order valence-corrected chi connectivity index (χ2v) is 10.7. The number of nitrogens with zero attached hydrogens (tertiary/aromatic N) is 4. The van der Waals surface area contributed by atoms with Crippen LogP contribution in [0.3, 0.4) is 0 Å². The van der Waals surface area contributed by atoms with E-state index in [4.69, 9.17) is 9.73 Å². The Hall–Kier alpha value is -3.39. The molecule has 2 aromatic rings. The van der Waals surface area contributed by atoms with Crippen molar-refractivity contribution in [3.63, 3.8) is 0 Å². The molecule has 0 bridgehead atoms. The monoisotopic (exact) mass is 518 g/mol. The number of Topliss-reactive ketones (excluding diaryl/α,β-unsaturated/α-hetero) is 1. The van der Waals surface area contributed by atoms with Gasteiger partial charge in [0.1, 0.15) is 17.3 Å². The molecule has 1 amide bonds. The summed E-state index contributed by atoms with van der Waals surface area (Å²) in [5, 5.41) is 0. The van der Waals surface area contributed by atoms with E-state index in [0.29, 0.717) is 63.4 Å². The van der Waals surface area contributed by atoms with E-state index in [9.17, 15) is 14.0 Å². The Morgan fingerprint density at radius 1 is 1.21 bits per heavy atom. The standard InChI is InChI=1S/C30H35FN4O3/c1-19-11-22(7-9-32-19)30-25-18-35(10-8-23(25)14-33-30)29(37)13-21-12-24(20(2)36)16-34(15-21)17-26-27(31)5-4-6-28(26)38-3/h4-7,9,11,21,24H,8,10,12-18H2,1-3H3. The molecule has 0 spiro atoms. The smallest absolute Gasteiger partial charge is 0.223 e. The fourth-order valence-electron chi connectivity index (χ4n) is 6.02. The summed E-state index contributed by atoms with van der Waals surface area (Å²) in [4.78, 5) is 39.0. The number of hydrogen-bond acceptors (Lipinski definition) is 6. The lowest BCUT2D eigenvalue weighted by Gasteiger charge is -2.38. The van der Waals surface area contributed by atoms with E-state index in [1.54, 1.807) is 25.3 Å². The number of methoxy groups -OCH3 is 1. The van der Waals surface area contributed by atoms with Crippen molar-refractivity contribution in [3.8, 4) is 5.75 Å². The zero-order valence-electron chi connectivity index (χ0n) is 22.4. The number of ether oxygens (including phenoxy) is 1. The Morgan fingerprint density at radius 3 is 2.82 bits per heavy atom. The first-order chi connectivity index (χ1) is 18.3. The number of aromatic nitrogens is 1. The molecule has 0 aliphatic carbocycles. The number of benzene rings is 1. The molecular formula is C30H35FN4O3. The molecular weight excluding hydrogens is 483 g/mol. The second-order valence-electron chi connectivity index (χ2n) is 10.7. The van der Waals surface area contributed by atoms with Crippen molar-refractivity contribution in [2.24, 2.45) is 16.8 Å². The predicted molar refractivity (Wildman–Crippen MR) is 144 cm³/mol. The molecule has 0 radical (unpaired) electrons. The van der Waals surface area contributed by atoms with Crippen molar-refractivity contribution in [1.82, 2.24) is 14.8 Å². The van der Waals surface area contributed by atoms with Crippen LogP contribution in [0, 0.1) is 24.6 Å². The minimum Gasteiger partial charge on any atom is -0.496 e. The number of likely N-dealkylation sites (tertiary alicyclic amines) is 1. The first-order valence-corrected chi connectivity index (χ1v) is 13.3. The third kappa shape index (κ3) is 5.55. The number of amides is 1. The van der Waals surface area contributed by atoms with E-state index in [-0.39, 0.29) is 29.3 Å². The quantitative estimate of drug-likeness (QED) is 0.554. The van der Waals surface area contributed by atoms with Crippen molar-refractivity contribution in [2.45, 2.75) is 39.7 Å². The lowest BCUT2D eigenvalue weighted by atomic mass is 9.84. The fraction of sp³-hybridized carbons (Fsp3) is 0.467. The first-order valence-electron chi connectivity index (χ1n) is 13.3. The molecule has 1 saturated heterocycles. The van der Waals surface area contributed by atoms with Gasteiger partial charge in [0, 0.05) is 68.1 Å². The lowest BCUT2D eigenvalue weighted by Crippen LogP contribution is -2.45. The third-order valence-electron chi connectivity index (χ3n) is 8.02. The highest BCUT2D eigenvalue weighted by Gasteiger charge is 2.34. The van der Waals surface area contributed by atoms with Crippen LogP contribution in [0.5, 0.6) is 5.75 Å². The molecule has 4 heterocycles. The lowest BCUT2D eigenvalue weighted by molar-refractivity contribution is -0.133. The highest BCUT2D eigenvalue weighted by atomic mass is 19.1. The first kappa shape index (κ1) is 26.2. The molecule has 8 heteroatoms. The van der Waals surface area contributed by atoms with E-state index in [2.05, 4.69) is 9.88 Å². The van der Waals surface area contributed by atoms with Crippen LogP contribution >= 0.6 is 0 Å². The molecule has 2 unspecified atom stereocenters. The molecule has 1 fully saturated rings. The number of piperidine rings is 1. The molecule has 3 aliphatic rings. The average Bonchev–Trinajstić information content (AvgIpc) is 3.33. The topological polar surface area (TPSA) is 75.1 Å². The number of ketones is 1. The van der Waals surface area contributed by atoms with Crippen LogP contribution in [0.15, 0.2) is 52.7 Å². The normalized spacial score (nSPS) is 21.8. The molecule has 1 aromatic heterocycles. The second kappa shape index (κ2) is 11.2. The molecule has 1 aromatic carbocycles. The van der Waals surface area contributed by atoms with Gasteiger partial charge >= 0.3 is 0 Å². The SMILES string of the molecule is COc1cccc(F)c1CN1CC(CC(=O)N2CCC3=C(C2)C(c2ccnc(C)c2)=NC3)CC(C(C)=O)C1. The number of halogens is 1. The van der Waals surface area contributed by atoms with Gasteiger partial charge in [-0.25, -0.2) is 4.39 Å². The van der Waals surface area contributed by atoms with Gasteiger partial charge in [-0.05, 0) is 68.0 Å². The molecule has 200 valence electrons. The van der Waals surface area contributed by atoms with Crippen LogP contribution in [-0.2, 0) is 16.1 Å². The number of aryl methyl sites for hydroxylation is 1. The Balaban J connectivity index is 1.27. The van der Waals surface area contributed by atoms with Crippen LogP contribution in [0.4, 0.5) is 4.39 Å². The van der Waals surface area contributed by atoms with Crippen molar-refractivity contribution in [2.75, 3.05) is 39.8 Å². The maximum Gasteiger partial charge on any atom is 0.223 e. The van der Waals surface area contributed by atoms with E-state index in [1.807, 2.05) is 24.0 Å². The van der Waals surface area contributed by atoms with Crippen LogP contribution < -0.4 is 4.74 Å². The van der Waals surface area contributed by atoms with Crippen molar-refractivity contribution in [3.05, 3.63) is 70.3 Å². The van der Waals surface area contributed by atoms with Gasteiger partial charge in [-0.3, -0.25) is 24.5 Å². The molecule has 2 atom stereocenters. The van der Waals surface area contributed by atoms with Crippen LogP contribution in [0.2, 0.25) is 0 Å². The zero-order valence-corrected chi connectivity index (χ0v) is 22.4. The van der Waals surface area contributed by atoms with Gasteiger partial charge in [-0.1, -0.05) is 6.07 Å². The highest BCUT2D eigenvalue weighted by Crippen LogP contribution is 2.32. The summed E-state index contributed by atoms with van der Waals surface area (Å²) in [7, 11) is 1.53. The van der Waals surface area contributed by atoms with Gasteiger partial charge in [0.15, 0.2) is 0 Å². The Morgan fingerprint density at radius 2 is 2.05 bits per heavy atom. The summed E-state index contributed by atoms with van der Waals surface area (Å²) in [5.74, 6) is 0.249. The molecule has 38 heavy (non-hydrogen) atoms. The summed E-state index contributed by atoms with van der Waals surface area (Å²) in [5.41, 5.74) is 5.93. The minimum atomic E-state index is -0.322. The fourth-order valence-corrected chi connectivity index (χ4v) is 6.02. The van der Waals surface area contributed by atoms with Gasteiger partial charge in [0.05, 0.1) is 19.4 Å². The average molecular weight is 519 g/mol. The highest BCUT2D eigenvalue weighted by molar-refractivity contribution is 6.15. The summed E-state index contributed by atoms with van der Waals surface area (Å²) in [6.07, 6.45) is 3.68. The van der Waals surface area contributed by atoms with E-state index in [0.717, 1.165) is 29.0 Å². The Bertz CT molecular complexity index is 1300. The Kier molecular flexibility index (Phi) is 7.70. The van der Waals surface area contributed by atoms with Gasteiger partial charge in [-0.15, -0.1) is 0 Å². The van der Waals surface area contributed by atoms with Gasteiger partial charge in [0.25, 0.3) is 0 Å². The molecule has 5 rings (SSSR count). The number of aliphatic imine (C=N–C) groups is 1. The van der Waals surface area contributed by atoms with Crippen molar-refractivity contribution >= 4 is 17.4 Å². The molecule has 3 aliphatic heterocycles. The van der Waals surface area contributed by atoms with Crippen molar-refractivity contribution in [1.29, 1.82) is 0 Å². The minimum absolute atomic E-state index is 0.0258.